The van der Waals surface area contributed by atoms with Gasteiger partial charge in [-0.25, -0.2) is 0 Å². The molecule has 1 fully saturated rings. The molecule has 0 aliphatic carbocycles. The van der Waals surface area contributed by atoms with Crippen molar-refractivity contribution in [1.29, 1.82) is 0 Å². The molecule has 1 saturated heterocycles. The molecule has 2 heteroatoms. The number of nitrogens with zero attached hydrogens (tertiary/aromatic N) is 1. The van der Waals surface area contributed by atoms with Crippen LogP contribution in [0, 0.1) is 10.8 Å². The highest BCUT2D eigenvalue weighted by Gasteiger charge is 2.32. The van der Waals surface area contributed by atoms with Crippen LogP contribution in [0.4, 0.5) is 0 Å². The number of likely N-dealkylation sites (tertiary alicyclic amines) is 1. The molecule has 0 aromatic carbocycles. The minimum atomic E-state index is 0.363. The van der Waals surface area contributed by atoms with Crippen LogP contribution in [0.15, 0.2) is 0 Å². The normalized spacial score (nSPS) is 22.3. The lowest BCUT2D eigenvalue weighted by molar-refractivity contribution is 0.0741. The fraction of sp³-hybridized carbons (Fsp3) is 1.00. The molecule has 1 aliphatic rings. The predicted molar refractivity (Wildman–Crippen MR) is 76.3 cm³/mol. The first-order valence-corrected chi connectivity index (χ1v) is 7.43. The summed E-state index contributed by atoms with van der Waals surface area (Å²) in [5, 5.41) is 0. The first-order chi connectivity index (χ1) is 7.47. The van der Waals surface area contributed by atoms with Crippen LogP contribution >= 0.6 is 12.6 Å². The number of piperidine rings is 1. The van der Waals surface area contributed by atoms with Crippen molar-refractivity contribution in [3.63, 3.8) is 0 Å². The maximum Gasteiger partial charge on any atom is 0.00405 e. The fourth-order valence-corrected chi connectivity index (χ4v) is 2.90. The fourth-order valence-electron chi connectivity index (χ4n) is 2.80. The molecular weight excluding hydrogens is 214 g/mol. The average molecular weight is 243 g/mol. The van der Waals surface area contributed by atoms with Gasteiger partial charge in [0.05, 0.1) is 0 Å². The van der Waals surface area contributed by atoms with Crippen molar-refractivity contribution in [2.45, 2.75) is 53.4 Å². The molecule has 0 aromatic heterocycles. The van der Waals surface area contributed by atoms with Crippen LogP contribution in [-0.4, -0.2) is 30.3 Å². The molecule has 0 amide bonds. The Kier molecular flexibility index (Phi) is 5.18. The average Bonchev–Trinajstić information content (AvgIpc) is 2.30. The molecule has 0 bridgehead atoms. The van der Waals surface area contributed by atoms with Crippen LogP contribution < -0.4 is 0 Å². The van der Waals surface area contributed by atoms with Crippen molar-refractivity contribution in [3.05, 3.63) is 0 Å². The van der Waals surface area contributed by atoms with Gasteiger partial charge >= 0.3 is 0 Å². The van der Waals surface area contributed by atoms with E-state index in [-0.39, 0.29) is 0 Å². The zero-order valence-corrected chi connectivity index (χ0v) is 12.4. The number of hydrogen-bond acceptors (Lipinski definition) is 2. The molecule has 0 unspecified atom stereocenters. The lowest BCUT2D eigenvalue weighted by Crippen LogP contribution is -2.44. The van der Waals surface area contributed by atoms with Crippen molar-refractivity contribution in [2.24, 2.45) is 10.8 Å². The molecule has 16 heavy (non-hydrogen) atoms. The van der Waals surface area contributed by atoms with Gasteiger partial charge in [0.1, 0.15) is 0 Å². The lowest BCUT2D eigenvalue weighted by Gasteiger charge is -2.43. The zero-order valence-electron chi connectivity index (χ0n) is 11.6. The Morgan fingerprint density at radius 2 is 1.62 bits per heavy atom. The Morgan fingerprint density at radius 3 is 2.00 bits per heavy atom. The molecule has 1 heterocycles. The molecule has 1 aliphatic heterocycles. The second-order valence-electron chi connectivity index (χ2n) is 6.31. The lowest BCUT2D eigenvalue weighted by atomic mass is 9.74. The summed E-state index contributed by atoms with van der Waals surface area (Å²) in [5.41, 5.74) is 1.02. The van der Waals surface area contributed by atoms with Gasteiger partial charge in [0.25, 0.3) is 0 Å². The minimum Gasteiger partial charge on any atom is -0.303 e. The van der Waals surface area contributed by atoms with E-state index in [2.05, 4.69) is 45.2 Å². The molecule has 1 rings (SSSR count). The van der Waals surface area contributed by atoms with E-state index in [1.807, 2.05) is 0 Å². The van der Waals surface area contributed by atoms with Crippen LogP contribution in [0.5, 0.6) is 0 Å². The summed E-state index contributed by atoms with van der Waals surface area (Å²) in [7, 11) is 0. The van der Waals surface area contributed by atoms with Gasteiger partial charge in [-0.15, -0.1) is 0 Å². The van der Waals surface area contributed by atoms with Crippen LogP contribution in [0.2, 0.25) is 0 Å². The van der Waals surface area contributed by atoms with Crippen molar-refractivity contribution < 1.29 is 0 Å². The quantitative estimate of drug-likeness (QED) is 0.718. The number of rotatable bonds is 5. The van der Waals surface area contributed by atoms with E-state index in [4.69, 9.17) is 0 Å². The van der Waals surface area contributed by atoms with Gasteiger partial charge in [-0.2, -0.15) is 12.6 Å². The smallest absolute Gasteiger partial charge is 0.00405 e. The van der Waals surface area contributed by atoms with Crippen LogP contribution in [-0.2, 0) is 0 Å². The highest BCUT2D eigenvalue weighted by atomic mass is 32.1. The second-order valence-corrected chi connectivity index (χ2v) is 6.62. The molecule has 0 saturated carbocycles. The van der Waals surface area contributed by atoms with Crippen molar-refractivity contribution in [3.8, 4) is 0 Å². The van der Waals surface area contributed by atoms with E-state index >= 15 is 0 Å². The molecule has 0 N–H and O–H groups in total. The van der Waals surface area contributed by atoms with Crippen molar-refractivity contribution in [1.82, 2.24) is 4.90 Å². The third kappa shape index (κ3) is 3.66. The molecule has 0 aromatic rings. The zero-order chi connectivity index (χ0) is 12.2. The summed E-state index contributed by atoms with van der Waals surface area (Å²) >= 11 is 4.44. The van der Waals surface area contributed by atoms with Gasteiger partial charge in [0, 0.05) is 6.54 Å². The van der Waals surface area contributed by atoms with Gasteiger partial charge in [0.2, 0.25) is 0 Å². The number of hydrogen-bond donors (Lipinski definition) is 1. The van der Waals surface area contributed by atoms with Crippen LogP contribution in [0.3, 0.4) is 0 Å². The van der Waals surface area contributed by atoms with E-state index in [9.17, 15) is 0 Å². The van der Waals surface area contributed by atoms with Gasteiger partial charge in [-0.3, -0.25) is 0 Å². The Balaban J connectivity index is 2.43. The summed E-state index contributed by atoms with van der Waals surface area (Å²) in [6.45, 7) is 13.1. The summed E-state index contributed by atoms with van der Waals surface area (Å²) in [5.74, 6) is 0.982. The molecule has 0 radical (unpaired) electrons. The van der Waals surface area contributed by atoms with Gasteiger partial charge in [-0.1, -0.05) is 40.5 Å². The van der Waals surface area contributed by atoms with E-state index in [1.165, 1.54) is 45.3 Å². The maximum absolute atomic E-state index is 4.44. The summed E-state index contributed by atoms with van der Waals surface area (Å²) < 4.78 is 0. The molecule has 1 nitrogen and oxygen atoms in total. The summed E-state index contributed by atoms with van der Waals surface area (Å²) in [4.78, 5) is 2.64. The molecule has 0 spiro atoms. The Morgan fingerprint density at radius 1 is 1.12 bits per heavy atom. The first kappa shape index (κ1) is 14.4. The van der Waals surface area contributed by atoms with Crippen LogP contribution in [0.25, 0.3) is 0 Å². The highest BCUT2D eigenvalue weighted by molar-refractivity contribution is 7.80. The maximum atomic E-state index is 4.44. The Labute approximate surface area is 107 Å². The van der Waals surface area contributed by atoms with Crippen LogP contribution in [0.1, 0.15) is 53.4 Å². The van der Waals surface area contributed by atoms with E-state index < -0.39 is 0 Å². The van der Waals surface area contributed by atoms with Gasteiger partial charge in [-0.05, 0) is 42.5 Å². The summed E-state index contributed by atoms with van der Waals surface area (Å²) in [6.07, 6.45) is 5.49. The largest absolute Gasteiger partial charge is 0.303 e. The van der Waals surface area contributed by atoms with Crippen molar-refractivity contribution in [2.75, 3.05) is 25.4 Å². The molecule has 96 valence electrons. The second kappa shape index (κ2) is 5.77. The SMILES string of the molecule is CCC1(CC)CCN(CC(C)(C)CS)CC1. The molecule has 0 atom stereocenters. The summed E-state index contributed by atoms with van der Waals surface area (Å²) in [6, 6.07) is 0. The monoisotopic (exact) mass is 243 g/mol. The van der Waals surface area contributed by atoms with E-state index in [1.54, 1.807) is 0 Å². The topological polar surface area (TPSA) is 3.24 Å². The number of thiol groups is 1. The molecular formula is C14H29NS. The van der Waals surface area contributed by atoms with Gasteiger partial charge in [0.15, 0.2) is 0 Å². The highest BCUT2D eigenvalue weighted by Crippen LogP contribution is 2.38. The van der Waals surface area contributed by atoms with Gasteiger partial charge < -0.3 is 4.90 Å². The third-order valence-electron chi connectivity index (χ3n) is 4.50. The van der Waals surface area contributed by atoms with E-state index in [0.717, 1.165) is 5.75 Å². The first-order valence-electron chi connectivity index (χ1n) is 6.80. The van der Waals surface area contributed by atoms with Crippen molar-refractivity contribution >= 4 is 12.6 Å². The standard InChI is InChI=1S/C14H29NS/c1-5-14(6-2)7-9-15(10-8-14)11-13(3,4)12-16/h16H,5-12H2,1-4H3. The van der Waals surface area contributed by atoms with E-state index in [0.29, 0.717) is 10.8 Å². The Bertz CT molecular complexity index is 199. The third-order valence-corrected chi connectivity index (χ3v) is 5.35. The Hall–Kier alpha value is 0.310. The minimum absolute atomic E-state index is 0.363. The predicted octanol–water partition coefficient (Wildman–Crippen LogP) is 3.84.